The second kappa shape index (κ2) is 9.03. The van der Waals surface area contributed by atoms with Crippen LogP contribution in [0.1, 0.15) is 30.1 Å². The third-order valence-corrected chi connectivity index (χ3v) is 3.91. The summed E-state index contributed by atoms with van der Waals surface area (Å²) < 4.78 is 5.64. The lowest BCUT2D eigenvalue weighted by Crippen LogP contribution is -2.40. The lowest BCUT2D eigenvalue weighted by atomic mass is 10.2. The van der Waals surface area contributed by atoms with Gasteiger partial charge < -0.3 is 9.64 Å². The number of carbonyl (C=O) groups is 1. The van der Waals surface area contributed by atoms with E-state index in [1.807, 2.05) is 43.4 Å². The maximum atomic E-state index is 12.4. The molecule has 2 rings (SSSR count). The van der Waals surface area contributed by atoms with Crippen molar-refractivity contribution in [2.75, 3.05) is 18.6 Å². The number of anilines is 1. The maximum Gasteiger partial charge on any atom is 0.257 e. The molecule has 0 heterocycles. The van der Waals surface area contributed by atoms with Crippen molar-refractivity contribution in [3.8, 4) is 5.75 Å². The van der Waals surface area contributed by atoms with Gasteiger partial charge in [-0.05, 0) is 49.0 Å². The normalized spacial score (nSPS) is 10.1. The van der Waals surface area contributed by atoms with E-state index in [1.54, 1.807) is 23.1 Å². The number of thiocarbonyl (C=S) groups is 1. The summed E-state index contributed by atoms with van der Waals surface area (Å²) >= 11 is 5.32. The van der Waals surface area contributed by atoms with Gasteiger partial charge in [0, 0.05) is 18.3 Å². The number of carbonyl (C=O) groups excluding carboxylic acids is 1. The van der Waals surface area contributed by atoms with Gasteiger partial charge in [0.1, 0.15) is 5.75 Å². The zero-order valence-corrected chi connectivity index (χ0v) is 14.8. The highest BCUT2D eigenvalue weighted by Gasteiger charge is 2.12. The van der Waals surface area contributed by atoms with Crippen molar-refractivity contribution in [1.82, 2.24) is 5.32 Å². The minimum atomic E-state index is -0.247. The molecule has 24 heavy (non-hydrogen) atoms. The van der Waals surface area contributed by atoms with Crippen molar-refractivity contribution in [2.24, 2.45) is 0 Å². The fraction of sp³-hybridized carbons (Fsp3) is 0.263. The van der Waals surface area contributed by atoms with E-state index in [0.29, 0.717) is 23.0 Å². The van der Waals surface area contributed by atoms with Crippen LogP contribution in [0, 0.1) is 0 Å². The second-order valence-electron chi connectivity index (χ2n) is 5.38. The van der Waals surface area contributed by atoms with Crippen molar-refractivity contribution < 1.29 is 9.53 Å². The molecule has 1 N–H and O–H groups in total. The van der Waals surface area contributed by atoms with Crippen LogP contribution in [-0.2, 0) is 0 Å². The summed E-state index contributed by atoms with van der Waals surface area (Å²) in [7, 11) is 1.82. The summed E-state index contributed by atoms with van der Waals surface area (Å²) in [5.41, 5.74) is 1.44. The van der Waals surface area contributed by atoms with Gasteiger partial charge in [0.05, 0.1) is 6.61 Å². The first kappa shape index (κ1) is 17.9. The molecule has 0 aliphatic rings. The van der Waals surface area contributed by atoms with Crippen LogP contribution in [-0.4, -0.2) is 24.7 Å². The van der Waals surface area contributed by atoms with Crippen molar-refractivity contribution >= 4 is 28.9 Å². The maximum absolute atomic E-state index is 12.4. The Morgan fingerprint density at radius 1 is 1.17 bits per heavy atom. The number of benzene rings is 2. The van der Waals surface area contributed by atoms with Crippen LogP contribution in [0.25, 0.3) is 0 Å². The molecule has 0 spiro atoms. The molecule has 0 unspecified atom stereocenters. The summed E-state index contributed by atoms with van der Waals surface area (Å²) in [6, 6.07) is 16.8. The number of hydrogen-bond donors (Lipinski definition) is 1. The Kier molecular flexibility index (Phi) is 6.75. The van der Waals surface area contributed by atoms with Crippen molar-refractivity contribution in [2.45, 2.75) is 19.8 Å². The fourth-order valence-corrected chi connectivity index (χ4v) is 2.28. The second-order valence-corrected chi connectivity index (χ2v) is 5.77. The minimum absolute atomic E-state index is 0.247. The third kappa shape index (κ3) is 5.06. The van der Waals surface area contributed by atoms with Gasteiger partial charge in [-0.1, -0.05) is 37.6 Å². The molecule has 0 aliphatic heterocycles. The number of unbranched alkanes of at least 4 members (excludes halogenated alkanes) is 1. The van der Waals surface area contributed by atoms with Gasteiger partial charge in [0.15, 0.2) is 5.11 Å². The first-order valence-corrected chi connectivity index (χ1v) is 8.39. The summed E-state index contributed by atoms with van der Waals surface area (Å²) in [6.45, 7) is 2.76. The topological polar surface area (TPSA) is 41.6 Å². The third-order valence-electron chi connectivity index (χ3n) is 3.53. The van der Waals surface area contributed by atoms with Gasteiger partial charge >= 0.3 is 0 Å². The van der Waals surface area contributed by atoms with Gasteiger partial charge in [-0.2, -0.15) is 0 Å². The molecule has 0 aliphatic carbocycles. The van der Waals surface area contributed by atoms with E-state index in [4.69, 9.17) is 17.0 Å². The van der Waals surface area contributed by atoms with Gasteiger partial charge in [-0.15, -0.1) is 0 Å². The lowest BCUT2D eigenvalue weighted by molar-refractivity contribution is 0.0977. The molecule has 0 saturated carbocycles. The highest BCUT2D eigenvalue weighted by atomic mass is 32.1. The van der Waals surface area contributed by atoms with Crippen molar-refractivity contribution in [1.29, 1.82) is 0 Å². The Morgan fingerprint density at radius 3 is 2.62 bits per heavy atom. The Balaban J connectivity index is 1.99. The van der Waals surface area contributed by atoms with E-state index < -0.39 is 0 Å². The largest absolute Gasteiger partial charge is 0.494 e. The number of para-hydroxylation sites is 1. The molecule has 0 saturated heterocycles. The summed E-state index contributed by atoms with van der Waals surface area (Å²) in [5, 5.41) is 3.10. The number of amides is 1. The van der Waals surface area contributed by atoms with Crippen molar-refractivity contribution in [3.05, 3.63) is 60.2 Å². The van der Waals surface area contributed by atoms with E-state index in [-0.39, 0.29) is 5.91 Å². The molecule has 5 heteroatoms. The predicted molar refractivity (Wildman–Crippen MR) is 102 cm³/mol. The Labute approximate surface area is 148 Å². The standard InChI is InChI=1S/C19H22N2O2S/c1-3-4-13-23-17-12-8-9-15(14-17)18(22)20-19(24)21(2)16-10-6-5-7-11-16/h5-12,14H,3-4,13H2,1-2H3,(H,20,22,24). The molecule has 0 radical (unpaired) electrons. The first-order valence-electron chi connectivity index (χ1n) is 7.98. The number of nitrogens with one attached hydrogen (secondary N) is 1. The fourth-order valence-electron chi connectivity index (χ4n) is 2.08. The zero-order chi connectivity index (χ0) is 17.4. The smallest absolute Gasteiger partial charge is 0.257 e. The summed E-state index contributed by atoms with van der Waals surface area (Å²) in [4.78, 5) is 14.2. The molecule has 2 aromatic rings. The molecule has 0 atom stereocenters. The van der Waals surface area contributed by atoms with Crippen LogP contribution in [0.4, 0.5) is 5.69 Å². The van der Waals surface area contributed by atoms with Crippen LogP contribution in [0.3, 0.4) is 0 Å². The molecule has 4 nitrogen and oxygen atoms in total. The molecule has 126 valence electrons. The van der Waals surface area contributed by atoms with Crippen LogP contribution in [0.5, 0.6) is 5.75 Å². The number of hydrogen-bond acceptors (Lipinski definition) is 3. The monoisotopic (exact) mass is 342 g/mol. The quantitative estimate of drug-likeness (QED) is 0.636. The SMILES string of the molecule is CCCCOc1cccc(C(=O)NC(=S)N(C)c2ccccc2)c1. The highest BCUT2D eigenvalue weighted by molar-refractivity contribution is 7.80. The van der Waals surface area contributed by atoms with Gasteiger partial charge in [-0.25, -0.2) is 0 Å². The molecule has 0 bridgehead atoms. The van der Waals surface area contributed by atoms with Crippen LogP contribution < -0.4 is 15.0 Å². The molecular formula is C19H22N2O2S. The van der Waals surface area contributed by atoms with Gasteiger partial charge in [0.25, 0.3) is 5.91 Å². The molecule has 0 aromatic heterocycles. The van der Waals surface area contributed by atoms with Crippen molar-refractivity contribution in [3.63, 3.8) is 0 Å². The highest BCUT2D eigenvalue weighted by Crippen LogP contribution is 2.15. The Morgan fingerprint density at radius 2 is 1.92 bits per heavy atom. The van der Waals surface area contributed by atoms with E-state index in [2.05, 4.69) is 12.2 Å². The average molecular weight is 342 g/mol. The number of nitrogens with zero attached hydrogens (tertiary/aromatic N) is 1. The molecule has 1 amide bonds. The number of rotatable bonds is 6. The van der Waals surface area contributed by atoms with E-state index >= 15 is 0 Å². The predicted octanol–water partition coefficient (Wildman–Crippen LogP) is 4.02. The van der Waals surface area contributed by atoms with E-state index in [9.17, 15) is 4.79 Å². The summed E-state index contributed by atoms with van der Waals surface area (Å²) in [6.07, 6.45) is 2.06. The molecule has 2 aromatic carbocycles. The first-order chi connectivity index (χ1) is 11.6. The van der Waals surface area contributed by atoms with E-state index in [1.165, 1.54) is 0 Å². The summed E-state index contributed by atoms with van der Waals surface area (Å²) in [5.74, 6) is 0.446. The lowest BCUT2D eigenvalue weighted by Gasteiger charge is -2.20. The Hall–Kier alpha value is -2.40. The minimum Gasteiger partial charge on any atom is -0.494 e. The zero-order valence-electron chi connectivity index (χ0n) is 14.0. The molecular weight excluding hydrogens is 320 g/mol. The van der Waals surface area contributed by atoms with E-state index in [0.717, 1.165) is 18.5 Å². The van der Waals surface area contributed by atoms with Crippen LogP contribution in [0.15, 0.2) is 54.6 Å². The van der Waals surface area contributed by atoms with Crippen LogP contribution >= 0.6 is 12.2 Å². The molecule has 0 fully saturated rings. The number of ether oxygens (including phenoxy) is 1. The van der Waals surface area contributed by atoms with Gasteiger partial charge in [-0.3, -0.25) is 10.1 Å². The van der Waals surface area contributed by atoms with Gasteiger partial charge in [0.2, 0.25) is 0 Å². The Bertz CT molecular complexity index is 689. The average Bonchev–Trinajstić information content (AvgIpc) is 2.62. The van der Waals surface area contributed by atoms with Crippen LogP contribution in [0.2, 0.25) is 0 Å².